The normalized spacial score (nSPS) is 11.0. The number of nitrogens with zero attached hydrogens (tertiary/aromatic N) is 2. The van der Waals surface area contributed by atoms with Crippen LogP contribution >= 0.6 is 11.6 Å². The second-order valence-corrected chi connectivity index (χ2v) is 9.37. The van der Waals surface area contributed by atoms with Crippen LogP contribution in [0.4, 0.5) is 0 Å². The Morgan fingerprint density at radius 3 is 2.27 bits per heavy atom. The monoisotopic (exact) mass is 518 g/mol. The van der Waals surface area contributed by atoms with Crippen molar-refractivity contribution in [1.82, 2.24) is 19.8 Å². The SMILES string of the molecule is CC(C)NC(=O)Cc1ccc(-n2c(=O)c3ccccc3n(CC(=O)NCc3ccccc3Cl)c2=O)cc1. The van der Waals surface area contributed by atoms with Crippen molar-refractivity contribution in [2.75, 3.05) is 0 Å². The molecule has 0 atom stereocenters. The number of halogens is 1. The van der Waals surface area contributed by atoms with Gasteiger partial charge in [0, 0.05) is 17.6 Å². The van der Waals surface area contributed by atoms with Gasteiger partial charge in [-0.15, -0.1) is 0 Å². The molecule has 2 amide bonds. The summed E-state index contributed by atoms with van der Waals surface area (Å²) in [5.74, 6) is -0.514. The molecule has 0 aliphatic rings. The van der Waals surface area contributed by atoms with Crippen LogP contribution in [0, 0.1) is 0 Å². The molecule has 1 heterocycles. The predicted molar refractivity (Wildman–Crippen MR) is 144 cm³/mol. The molecule has 0 radical (unpaired) electrons. The Bertz CT molecular complexity index is 1570. The lowest BCUT2D eigenvalue weighted by atomic mass is 10.1. The summed E-state index contributed by atoms with van der Waals surface area (Å²) >= 11 is 6.17. The zero-order valence-corrected chi connectivity index (χ0v) is 21.3. The van der Waals surface area contributed by atoms with Gasteiger partial charge < -0.3 is 10.6 Å². The third-order valence-corrected chi connectivity index (χ3v) is 6.16. The van der Waals surface area contributed by atoms with Gasteiger partial charge in [0.2, 0.25) is 11.8 Å². The molecular formula is C28H27ClN4O4. The van der Waals surface area contributed by atoms with Crippen LogP contribution in [0.25, 0.3) is 16.6 Å². The maximum Gasteiger partial charge on any atom is 0.336 e. The van der Waals surface area contributed by atoms with Crippen molar-refractivity contribution in [3.05, 3.63) is 110 Å². The minimum atomic E-state index is -0.637. The summed E-state index contributed by atoms with van der Waals surface area (Å²) in [6, 6.07) is 20.5. The van der Waals surface area contributed by atoms with Crippen LogP contribution in [0.5, 0.6) is 0 Å². The van der Waals surface area contributed by atoms with Crippen molar-refractivity contribution >= 4 is 34.3 Å². The molecular weight excluding hydrogens is 492 g/mol. The van der Waals surface area contributed by atoms with E-state index in [9.17, 15) is 19.2 Å². The minimum absolute atomic E-state index is 0.0308. The van der Waals surface area contributed by atoms with E-state index in [0.717, 1.165) is 15.7 Å². The van der Waals surface area contributed by atoms with Crippen molar-refractivity contribution in [2.45, 2.75) is 39.4 Å². The lowest BCUT2D eigenvalue weighted by molar-refractivity contribution is -0.122. The Balaban J connectivity index is 1.65. The highest BCUT2D eigenvalue weighted by atomic mass is 35.5. The molecule has 0 unspecified atom stereocenters. The Labute approximate surface area is 218 Å². The van der Waals surface area contributed by atoms with Crippen LogP contribution in [0.1, 0.15) is 25.0 Å². The molecule has 37 heavy (non-hydrogen) atoms. The fourth-order valence-corrected chi connectivity index (χ4v) is 4.26. The van der Waals surface area contributed by atoms with Crippen LogP contribution < -0.4 is 21.9 Å². The molecule has 9 heteroatoms. The summed E-state index contributed by atoms with van der Waals surface area (Å²) in [6.45, 7) is 3.69. The number of aromatic nitrogens is 2. The fourth-order valence-electron chi connectivity index (χ4n) is 4.06. The summed E-state index contributed by atoms with van der Waals surface area (Å²) < 4.78 is 2.32. The molecule has 4 rings (SSSR count). The summed E-state index contributed by atoms with van der Waals surface area (Å²) in [5, 5.41) is 6.46. The molecule has 0 saturated carbocycles. The van der Waals surface area contributed by atoms with Crippen LogP contribution in [-0.4, -0.2) is 27.0 Å². The molecule has 4 aromatic rings. The zero-order chi connectivity index (χ0) is 26.5. The Morgan fingerprint density at radius 1 is 0.892 bits per heavy atom. The summed E-state index contributed by atoms with van der Waals surface area (Å²) in [6.07, 6.45) is 0.181. The predicted octanol–water partition coefficient (Wildman–Crippen LogP) is 3.19. The van der Waals surface area contributed by atoms with E-state index in [1.807, 2.05) is 19.9 Å². The Morgan fingerprint density at radius 2 is 1.57 bits per heavy atom. The second-order valence-electron chi connectivity index (χ2n) is 8.96. The molecule has 1 aromatic heterocycles. The number of carbonyl (C=O) groups is 2. The third kappa shape index (κ3) is 5.98. The van der Waals surface area contributed by atoms with E-state index < -0.39 is 17.2 Å². The van der Waals surface area contributed by atoms with E-state index >= 15 is 0 Å². The fraction of sp³-hybridized carbons (Fsp3) is 0.214. The van der Waals surface area contributed by atoms with Gasteiger partial charge in [-0.25, -0.2) is 9.36 Å². The minimum Gasteiger partial charge on any atom is -0.354 e. The van der Waals surface area contributed by atoms with Crippen LogP contribution in [0.3, 0.4) is 0 Å². The van der Waals surface area contributed by atoms with Gasteiger partial charge in [0.05, 0.1) is 23.0 Å². The highest BCUT2D eigenvalue weighted by Crippen LogP contribution is 2.15. The summed E-state index contributed by atoms with van der Waals surface area (Å²) in [4.78, 5) is 51.7. The molecule has 0 fully saturated rings. The van der Waals surface area contributed by atoms with E-state index in [2.05, 4.69) is 10.6 Å². The van der Waals surface area contributed by atoms with Gasteiger partial charge in [-0.05, 0) is 55.3 Å². The van der Waals surface area contributed by atoms with Gasteiger partial charge in [0.1, 0.15) is 6.54 Å². The number of para-hydroxylation sites is 1. The molecule has 190 valence electrons. The molecule has 0 aliphatic carbocycles. The van der Waals surface area contributed by atoms with Crippen LogP contribution in [0.2, 0.25) is 5.02 Å². The quantitative estimate of drug-likeness (QED) is 0.374. The average molecular weight is 519 g/mol. The van der Waals surface area contributed by atoms with Gasteiger partial charge in [0.15, 0.2) is 0 Å². The number of nitrogens with one attached hydrogen (secondary N) is 2. The molecule has 0 aliphatic heterocycles. The molecule has 8 nitrogen and oxygen atoms in total. The number of hydrogen-bond donors (Lipinski definition) is 2. The molecule has 0 spiro atoms. The lowest BCUT2D eigenvalue weighted by Gasteiger charge is -2.15. The van der Waals surface area contributed by atoms with Gasteiger partial charge in [-0.3, -0.25) is 19.0 Å². The standard InChI is InChI=1S/C28H27ClN4O4/c1-18(2)31-25(34)15-19-11-13-21(14-12-19)33-27(36)22-8-4-6-10-24(22)32(28(33)37)17-26(35)30-16-20-7-3-5-9-23(20)29/h3-14,18H,15-17H2,1-2H3,(H,30,35)(H,31,34). The first kappa shape index (κ1) is 25.9. The summed E-state index contributed by atoms with van der Waals surface area (Å²) in [7, 11) is 0. The van der Waals surface area contributed by atoms with Crippen molar-refractivity contribution < 1.29 is 9.59 Å². The maximum absolute atomic E-state index is 13.5. The van der Waals surface area contributed by atoms with E-state index in [0.29, 0.717) is 21.6 Å². The van der Waals surface area contributed by atoms with Crippen molar-refractivity contribution in [2.24, 2.45) is 0 Å². The molecule has 2 N–H and O–H groups in total. The molecule has 0 saturated heterocycles. The number of benzene rings is 3. The third-order valence-electron chi connectivity index (χ3n) is 5.79. The van der Waals surface area contributed by atoms with Crippen molar-refractivity contribution in [3.63, 3.8) is 0 Å². The first-order chi connectivity index (χ1) is 17.7. The van der Waals surface area contributed by atoms with Gasteiger partial charge in [-0.2, -0.15) is 0 Å². The highest BCUT2D eigenvalue weighted by Gasteiger charge is 2.17. The van der Waals surface area contributed by atoms with E-state index in [1.165, 1.54) is 4.57 Å². The van der Waals surface area contributed by atoms with E-state index in [-0.39, 0.29) is 31.5 Å². The topological polar surface area (TPSA) is 102 Å². The highest BCUT2D eigenvalue weighted by molar-refractivity contribution is 6.31. The van der Waals surface area contributed by atoms with E-state index in [1.54, 1.807) is 66.7 Å². The van der Waals surface area contributed by atoms with Gasteiger partial charge >= 0.3 is 5.69 Å². The van der Waals surface area contributed by atoms with E-state index in [4.69, 9.17) is 11.6 Å². The number of carbonyl (C=O) groups excluding carboxylic acids is 2. The van der Waals surface area contributed by atoms with Gasteiger partial charge in [0.25, 0.3) is 5.56 Å². The summed E-state index contributed by atoms with van der Waals surface area (Å²) in [5.41, 5.74) is 1.08. The van der Waals surface area contributed by atoms with Gasteiger partial charge in [-0.1, -0.05) is 54.1 Å². The largest absolute Gasteiger partial charge is 0.354 e. The van der Waals surface area contributed by atoms with Crippen molar-refractivity contribution in [1.29, 1.82) is 0 Å². The maximum atomic E-state index is 13.5. The second kappa shape index (κ2) is 11.3. The zero-order valence-electron chi connectivity index (χ0n) is 20.5. The molecule has 0 bridgehead atoms. The first-order valence-electron chi connectivity index (χ1n) is 11.9. The Hall–Kier alpha value is -4.17. The average Bonchev–Trinajstić information content (AvgIpc) is 2.86. The number of rotatable bonds is 8. The Kier molecular flexibility index (Phi) is 7.89. The van der Waals surface area contributed by atoms with Crippen LogP contribution in [-0.2, 0) is 29.1 Å². The lowest BCUT2D eigenvalue weighted by Crippen LogP contribution is -2.41. The first-order valence-corrected chi connectivity index (χ1v) is 12.3. The number of fused-ring (bicyclic) bond motifs is 1. The smallest absolute Gasteiger partial charge is 0.336 e. The molecule has 3 aromatic carbocycles. The number of hydrogen-bond acceptors (Lipinski definition) is 4. The van der Waals surface area contributed by atoms with Crippen LogP contribution in [0.15, 0.2) is 82.4 Å². The number of amides is 2. The van der Waals surface area contributed by atoms with Crippen molar-refractivity contribution in [3.8, 4) is 5.69 Å².